The van der Waals surface area contributed by atoms with Gasteiger partial charge >= 0.3 is 5.97 Å². The molecule has 0 saturated heterocycles. The van der Waals surface area contributed by atoms with Crippen LogP contribution >= 0.6 is 0 Å². The zero-order chi connectivity index (χ0) is 14.7. The maximum absolute atomic E-state index is 10.8. The molecule has 0 aliphatic carbocycles. The number of carboxylic acids is 1. The van der Waals surface area contributed by atoms with E-state index in [0.29, 0.717) is 23.7 Å². The second kappa shape index (κ2) is 5.66. The third-order valence-corrected chi connectivity index (χ3v) is 3.03. The summed E-state index contributed by atoms with van der Waals surface area (Å²) in [6.07, 6.45) is 2.76. The summed E-state index contributed by atoms with van der Waals surface area (Å²) < 4.78 is 10.6. The van der Waals surface area contributed by atoms with E-state index < -0.39 is 5.97 Å². The predicted octanol–water partition coefficient (Wildman–Crippen LogP) is 1.44. The van der Waals surface area contributed by atoms with Gasteiger partial charge in [-0.15, -0.1) is 0 Å². The lowest BCUT2D eigenvalue weighted by molar-refractivity contribution is -0.136. The Hall–Kier alpha value is -2.83. The minimum Gasteiger partial charge on any atom is -0.481 e. The molecular weight excluding hydrogens is 274 g/mol. The summed E-state index contributed by atoms with van der Waals surface area (Å²) in [6, 6.07) is 5.64. The molecule has 7 heteroatoms. The molecule has 0 radical (unpaired) electrons. The molecule has 0 bridgehead atoms. The molecular formula is C14H13N3O4. The van der Waals surface area contributed by atoms with E-state index in [2.05, 4.69) is 15.3 Å². The molecule has 108 valence electrons. The fraction of sp³-hybridized carbons (Fsp3) is 0.214. The number of hydrogen-bond acceptors (Lipinski definition) is 6. The second-order valence-electron chi connectivity index (χ2n) is 4.51. The number of hydrogen-bond donors (Lipinski definition) is 2. The number of carboxylic acid groups (broad SMARTS) is 1. The predicted molar refractivity (Wildman–Crippen MR) is 73.3 cm³/mol. The van der Waals surface area contributed by atoms with E-state index in [-0.39, 0.29) is 13.2 Å². The van der Waals surface area contributed by atoms with Crippen molar-refractivity contribution in [2.45, 2.75) is 13.0 Å². The number of carbonyl (C=O) groups is 1. The van der Waals surface area contributed by atoms with Gasteiger partial charge < -0.3 is 19.9 Å². The van der Waals surface area contributed by atoms with E-state index in [1.807, 2.05) is 18.2 Å². The van der Waals surface area contributed by atoms with Gasteiger partial charge in [0.05, 0.1) is 6.42 Å². The summed E-state index contributed by atoms with van der Waals surface area (Å²) in [5, 5.41) is 12.0. The van der Waals surface area contributed by atoms with Gasteiger partial charge in [-0.3, -0.25) is 4.79 Å². The van der Waals surface area contributed by atoms with Crippen LogP contribution in [0.25, 0.3) is 0 Å². The lowest BCUT2D eigenvalue weighted by Gasteiger charge is -2.09. The highest BCUT2D eigenvalue weighted by Gasteiger charge is 2.13. The standard InChI is InChI=1S/C14H13N3O4/c18-13(19)4-10-6-15-7-17-14(10)16-5-9-1-2-11-12(3-9)21-8-20-11/h1-3,6-7H,4-5,8H2,(H,18,19)(H,15,16,17). The molecule has 2 N–H and O–H groups in total. The van der Waals surface area contributed by atoms with E-state index >= 15 is 0 Å². The zero-order valence-corrected chi connectivity index (χ0v) is 11.1. The molecule has 0 spiro atoms. The Bertz CT molecular complexity index is 675. The Labute approximate surface area is 120 Å². The summed E-state index contributed by atoms with van der Waals surface area (Å²) in [4.78, 5) is 18.7. The molecule has 21 heavy (non-hydrogen) atoms. The van der Waals surface area contributed by atoms with Crippen LogP contribution in [0.1, 0.15) is 11.1 Å². The topological polar surface area (TPSA) is 93.6 Å². The van der Waals surface area contributed by atoms with Crippen molar-refractivity contribution in [1.29, 1.82) is 0 Å². The number of rotatable bonds is 5. The number of nitrogens with zero attached hydrogens (tertiary/aromatic N) is 2. The maximum atomic E-state index is 10.8. The largest absolute Gasteiger partial charge is 0.481 e. The first kappa shape index (κ1) is 13.2. The summed E-state index contributed by atoms with van der Waals surface area (Å²) in [5.41, 5.74) is 1.53. The number of nitrogens with one attached hydrogen (secondary N) is 1. The Kier molecular flexibility index (Phi) is 3.55. The number of aromatic nitrogens is 2. The molecule has 2 heterocycles. The van der Waals surface area contributed by atoms with Gasteiger partial charge in [0.25, 0.3) is 0 Å². The number of aliphatic carboxylic acids is 1. The van der Waals surface area contributed by atoms with Gasteiger partial charge in [-0.25, -0.2) is 9.97 Å². The minimum atomic E-state index is -0.920. The Balaban J connectivity index is 1.71. The smallest absolute Gasteiger partial charge is 0.308 e. The average molecular weight is 287 g/mol. The summed E-state index contributed by atoms with van der Waals surface area (Å²) >= 11 is 0. The first-order chi connectivity index (χ1) is 10.2. The normalized spacial score (nSPS) is 12.2. The SMILES string of the molecule is O=C(O)Cc1cncnc1NCc1ccc2c(c1)OCO2. The quantitative estimate of drug-likeness (QED) is 0.859. The highest BCUT2D eigenvalue weighted by molar-refractivity contribution is 5.72. The van der Waals surface area contributed by atoms with Crippen molar-refractivity contribution in [3.8, 4) is 11.5 Å². The van der Waals surface area contributed by atoms with Gasteiger partial charge in [-0.2, -0.15) is 0 Å². The van der Waals surface area contributed by atoms with Gasteiger partial charge in [0.1, 0.15) is 12.1 Å². The van der Waals surface area contributed by atoms with Gasteiger partial charge in [0, 0.05) is 18.3 Å². The Morgan fingerprint density at radius 1 is 1.33 bits per heavy atom. The van der Waals surface area contributed by atoms with Crippen molar-refractivity contribution in [2.75, 3.05) is 12.1 Å². The highest BCUT2D eigenvalue weighted by Crippen LogP contribution is 2.32. The number of fused-ring (bicyclic) bond motifs is 1. The second-order valence-corrected chi connectivity index (χ2v) is 4.51. The van der Waals surface area contributed by atoms with Gasteiger partial charge in [0.2, 0.25) is 6.79 Å². The number of ether oxygens (including phenoxy) is 2. The van der Waals surface area contributed by atoms with Crippen LogP contribution in [0, 0.1) is 0 Å². The van der Waals surface area contributed by atoms with Gasteiger partial charge in [-0.1, -0.05) is 6.07 Å². The van der Waals surface area contributed by atoms with Gasteiger partial charge in [-0.05, 0) is 17.7 Å². The van der Waals surface area contributed by atoms with Gasteiger partial charge in [0.15, 0.2) is 11.5 Å². The van der Waals surface area contributed by atoms with Crippen molar-refractivity contribution in [1.82, 2.24) is 9.97 Å². The molecule has 0 unspecified atom stereocenters. The number of benzene rings is 1. The number of anilines is 1. The van der Waals surface area contributed by atoms with E-state index in [1.54, 1.807) is 0 Å². The minimum absolute atomic E-state index is 0.121. The van der Waals surface area contributed by atoms with Crippen molar-refractivity contribution < 1.29 is 19.4 Å². The van der Waals surface area contributed by atoms with Crippen LogP contribution in [-0.2, 0) is 17.8 Å². The van der Waals surface area contributed by atoms with Crippen molar-refractivity contribution in [3.63, 3.8) is 0 Å². The van der Waals surface area contributed by atoms with Crippen LogP contribution in [0.4, 0.5) is 5.82 Å². The van der Waals surface area contributed by atoms with E-state index in [1.165, 1.54) is 12.5 Å². The lowest BCUT2D eigenvalue weighted by Crippen LogP contribution is -2.08. The molecule has 2 aromatic rings. The molecule has 0 amide bonds. The first-order valence-electron chi connectivity index (χ1n) is 6.35. The fourth-order valence-corrected chi connectivity index (χ4v) is 2.05. The van der Waals surface area contributed by atoms with Crippen LogP contribution in [-0.4, -0.2) is 27.8 Å². The highest BCUT2D eigenvalue weighted by atomic mass is 16.7. The fourth-order valence-electron chi connectivity index (χ4n) is 2.05. The lowest BCUT2D eigenvalue weighted by atomic mass is 10.2. The molecule has 1 aromatic heterocycles. The van der Waals surface area contributed by atoms with Crippen LogP contribution < -0.4 is 14.8 Å². The Morgan fingerprint density at radius 2 is 2.19 bits per heavy atom. The van der Waals surface area contributed by atoms with Crippen LogP contribution in [0.2, 0.25) is 0 Å². The molecule has 1 aliphatic heterocycles. The maximum Gasteiger partial charge on any atom is 0.308 e. The van der Waals surface area contributed by atoms with Crippen molar-refractivity contribution in [3.05, 3.63) is 41.9 Å². The molecule has 0 saturated carbocycles. The summed E-state index contributed by atoms with van der Waals surface area (Å²) in [5.74, 6) is 1.04. The molecule has 1 aliphatic rings. The van der Waals surface area contributed by atoms with Crippen LogP contribution in [0.15, 0.2) is 30.7 Å². The summed E-state index contributed by atoms with van der Waals surface area (Å²) in [6.45, 7) is 0.737. The van der Waals surface area contributed by atoms with Crippen LogP contribution in [0.3, 0.4) is 0 Å². The van der Waals surface area contributed by atoms with Crippen LogP contribution in [0.5, 0.6) is 11.5 Å². The molecule has 3 rings (SSSR count). The molecule has 1 aromatic carbocycles. The van der Waals surface area contributed by atoms with Crippen molar-refractivity contribution >= 4 is 11.8 Å². The third kappa shape index (κ3) is 3.02. The Morgan fingerprint density at radius 3 is 3.05 bits per heavy atom. The van der Waals surface area contributed by atoms with E-state index in [0.717, 1.165) is 11.3 Å². The zero-order valence-electron chi connectivity index (χ0n) is 11.1. The van der Waals surface area contributed by atoms with E-state index in [4.69, 9.17) is 14.6 Å². The third-order valence-electron chi connectivity index (χ3n) is 3.03. The van der Waals surface area contributed by atoms with Crippen molar-refractivity contribution in [2.24, 2.45) is 0 Å². The first-order valence-corrected chi connectivity index (χ1v) is 6.35. The summed E-state index contributed by atoms with van der Waals surface area (Å²) in [7, 11) is 0. The molecule has 0 fully saturated rings. The molecule has 0 atom stereocenters. The average Bonchev–Trinajstić information content (AvgIpc) is 2.93. The molecule has 7 nitrogen and oxygen atoms in total. The van der Waals surface area contributed by atoms with E-state index in [9.17, 15) is 4.79 Å². The monoisotopic (exact) mass is 287 g/mol.